The SMILES string of the molecule is COc1ccc(COc2ccccc2N)cc1OC. The monoisotopic (exact) mass is 259 g/mol. The molecule has 0 radical (unpaired) electrons. The number of hydrogen-bond donors (Lipinski definition) is 1. The van der Waals surface area contributed by atoms with Gasteiger partial charge >= 0.3 is 0 Å². The predicted octanol–water partition coefficient (Wildman–Crippen LogP) is 2.87. The van der Waals surface area contributed by atoms with Crippen LogP contribution in [-0.4, -0.2) is 14.2 Å². The Balaban J connectivity index is 2.10. The molecule has 0 unspecified atom stereocenters. The third-order valence-corrected chi connectivity index (χ3v) is 2.76. The highest BCUT2D eigenvalue weighted by atomic mass is 16.5. The van der Waals surface area contributed by atoms with E-state index in [4.69, 9.17) is 19.9 Å². The van der Waals surface area contributed by atoms with E-state index in [9.17, 15) is 0 Å². The predicted molar refractivity (Wildman–Crippen MR) is 74.7 cm³/mol. The van der Waals surface area contributed by atoms with Crippen LogP contribution in [0, 0.1) is 0 Å². The van der Waals surface area contributed by atoms with Crippen LogP contribution in [0.3, 0.4) is 0 Å². The summed E-state index contributed by atoms with van der Waals surface area (Å²) in [6.45, 7) is 0.425. The van der Waals surface area contributed by atoms with Gasteiger partial charge in [0.1, 0.15) is 12.4 Å². The third kappa shape index (κ3) is 3.10. The summed E-state index contributed by atoms with van der Waals surface area (Å²) in [5.74, 6) is 2.06. The van der Waals surface area contributed by atoms with Crippen molar-refractivity contribution in [2.75, 3.05) is 20.0 Å². The molecule has 2 rings (SSSR count). The maximum absolute atomic E-state index is 5.82. The van der Waals surface area contributed by atoms with Crippen LogP contribution in [0.1, 0.15) is 5.56 Å². The van der Waals surface area contributed by atoms with E-state index in [1.807, 2.05) is 42.5 Å². The minimum Gasteiger partial charge on any atom is -0.493 e. The van der Waals surface area contributed by atoms with Gasteiger partial charge in [0.05, 0.1) is 19.9 Å². The van der Waals surface area contributed by atoms with Crippen LogP contribution in [0.4, 0.5) is 5.69 Å². The van der Waals surface area contributed by atoms with E-state index in [1.54, 1.807) is 14.2 Å². The fourth-order valence-corrected chi connectivity index (χ4v) is 1.74. The van der Waals surface area contributed by atoms with E-state index < -0.39 is 0 Å². The Morgan fingerprint density at radius 1 is 0.895 bits per heavy atom. The van der Waals surface area contributed by atoms with Gasteiger partial charge < -0.3 is 19.9 Å². The first-order valence-electron chi connectivity index (χ1n) is 5.93. The lowest BCUT2D eigenvalue weighted by atomic mass is 10.2. The molecular weight excluding hydrogens is 242 g/mol. The Morgan fingerprint density at radius 3 is 2.32 bits per heavy atom. The molecule has 0 amide bonds. The van der Waals surface area contributed by atoms with Gasteiger partial charge in [0, 0.05) is 0 Å². The summed E-state index contributed by atoms with van der Waals surface area (Å²) in [6.07, 6.45) is 0. The zero-order valence-electron chi connectivity index (χ0n) is 11.1. The Hall–Kier alpha value is -2.36. The number of anilines is 1. The van der Waals surface area contributed by atoms with Crippen LogP contribution >= 0.6 is 0 Å². The number of ether oxygens (including phenoxy) is 3. The van der Waals surface area contributed by atoms with Gasteiger partial charge in [0.25, 0.3) is 0 Å². The van der Waals surface area contributed by atoms with E-state index >= 15 is 0 Å². The van der Waals surface area contributed by atoms with E-state index in [2.05, 4.69) is 0 Å². The Morgan fingerprint density at radius 2 is 1.63 bits per heavy atom. The molecule has 0 saturated carbocycles. The number of methoxy groups -OCH3 is 2. The fraction of sp³-hybridized carbons (Fsp3) is 0.200. The average Bonchev–Trinajstić information content (AvgIpc) is 2.46. The van der Waals surface area contributed by atoms with Gasteiger partial charge in [0.2, 0.25) is 0 Å². The van der Waals surface area contributed by atoms with Crippen LogP contribution in [0.2, 0.25) is 0 Å². The molecule has 0 bridgehead atoms. The van der Waals surface area contributed by atoms with Crippen LogP contribution < -0.4 is 19.9 Å². The number of benzene rings is 2. The van der Waals surface area contributed by atoms with Crippen LogP contribution in [0.5, 0.6) is 17.2 Å². The molecule has 0 atom stereocenters. The summed E-state index contributed by atoms with van der Waals surface area (Å²) < 4.78 is 16.1. The number of para-hydroxylation sites is 2. The maximum Gasteiger partial charge on any atom is 0.161 e. The number of nitrogens with two attached hydrogens (primary N) is 1. The van der Waals surface area contributed by atoms with Crippen molar-refractivity contribution in [3.05, 3.63) is 48.0 Å². The van der Waals surface area contributed by atoms with Crippen LogP contribution in [0.15, 0.2) is 42.5 Å². The molecule has 2 aromatic carbocycles. The first kappa shape index (κ1) is 13.1. The van der Waals surface area contributed by atoms with E-state index in [-0.39, 0.29) is 0 Å². The third-order valence-electron chi connectivity index (χ3n) is 2.76. The normalized spacial score (nSPS) is 10.0. The average molecular weight is 259 g/mol. The van der Waals surface area contributed by atoms with E-state index in [0.29, 0.717) is 29.5 Å². The van der Waals surface area contributed by atoms with Crippen molar-refractivity contribution in [2.24, 2.45) is 0 Å². The minimum atomic E-state index is 0.425. The maximum atomic E-state index is 5.82. The van der Waals surface area contributed by atoms with Crippen molar-refractivity contribution in [3.8, 4) is 17.2 Å². The van der Waals surface area contributed by atoms with E-state index in [1.165, 1.54) is 0 Å². The lowest BCUT2D eigenvalue weighted by Gasteiger charge is -2.11. The Kier molecular flexibility index (Phi) is 4.13. The molecule has 0 heterocycles. The molecule has 0 spiro atoms. The quantitative estimate of drug-likeness (QED) is 0.839. The molecule has 0 aliphatic carbocycles. The Bertz CT molecular complexity index is 555. The molecule has 4 heteroatoms. The smallest absolute Gasteiger partial charge is 0.161 e. The van der Waals surface area contributed by atoms with E-state index in [0.717, 1.165) is 5.56 Å². The summed E-state index contributed by atoms with van der Waals surface area (Å²) in [5, 5.41) is 0. The summed E-state index contributed by atoms with van der Waals surface area (Å²) in [4.78, 5) is 0. The van der Waals surface area contributed by atoms with Gasteiger partial charge in [-0.15, -0.1) is 0 Å². The van der Waals surface area contributed by atoms with Gasteiger partial charge in [-0.25, -0.2) is 0 Å². The molecular formula is C15H17NO3. The summed E-state index contributed by atoms with van der Waals surface area (Å²) >= 11 is 0. The van der Waals surface area contributed by atoms with Crippen molar-refractivity contribution < 1.29 is 14.2 Å². The molecule has 19 heavy (non-hydrogen) atoms. The van der Waals surface area contributed by atoms with Crippen molar-refractivity contribution >= 4 is 5.69 Å². The number of hydrogen-bond acceptors (Lipinski definition) is 4. The first-order chi connectivity index (χ1) is 9.24. The van der Waals surface area contributed by atoms with Crippen molar-refractivity contribution in [2.45, 2.75) is 6.61 Å². The number of rotatable bonds is 5. The topological polar surface area (TPSA) is 53.7 Å². The number of nitrogen functional groups attached to an aromatic ring is 1. The molecule has 0 saturated heterocycles. The van der Waals surface area contributed by atoms with Crippen LogP contribution in [-0.2, 0) is 6.61 Å². The van der Waals surface area contributed by atoms with Crippen molar-refractivity contribution in [3.63, 3.8) is 0 Å². The highest BCUT2D eigenvalue weighted by Crippen LogP contribution is 2.28. The largest absolute Gasteiger partial charge is 0.493 e. The van der Waals surface area contributed by atoms with Gasteiger partial charge in [-0.1, -0.05) is 18.2 Å². The second-order valence-electron chi connectivity index (χ2n) is 4.02. The van der Waals surface area contributed by atoms with Crippen LogP contribution in [0.25, 0.3) is 0 Å². The molecule has 0 fully saturated rings. The van der Waals surface area contributed by atoms with Gasteiger partial charge in [-0.2, -0.15) is 0 Å². The first-order valence-corrected chi connectivity index (χ1v) is 5.93. The molecule has 2 N–H and O–H groups in total. The molecule has 4 nitrogen and oxygen atoms in total. The van der Waals surface area contributed by atoms with Gasteiger partial charge in [-0.05, 0) is 29.8 Å². The zero-order valence-corrected chi connectivity index (χ0v) is 11.1. The molecule has 0 aromatic heterocycles. The molecule has 100 valence electrons. The van der Waals surface area contributed by atoms with Gasteiger partial charge in [-0.3, -0.25) is 0 Å². The fourth-order valence-electron chi connectivity index (χ4n) is 1.74. The summed E-state index contributed by atoms with van der Waals surface area (Å²) in [7, 11) is 3.22. The summed E-state index contributed by atoms with van der Waals surface area (Å²) in [6, 6.07) is 13.1. The zero-order chi connectivity index (χ0) is 13.7. The molecule has 0 aliphatic rings. The highest BCUT2D eigenvalue weighted by Gasteiger charge is 2.05. The second-order valence-corrected chi connectivity index (χ2v) is 4.02. The molecule has 2 aromatic rings. The Labute approximate surface area is 112 Å². The lowest BCUT2D eigenvalue weighted by molar-refractivity contribution is 0.305. The minimum absolute atomic E-state index is 0.425. The van der Waals surface area contributed by atoms with Gasteiger partial charge in [0.15, 0.2) is 11.5 Å². The lowest BCUT2D eigenvalue weighted by Crippen LogP contribution is -1.99. The molecule has 0 aliphatic heterocycles. The standard InChI is InChI=1S/C15H17NO3/c1-17-14-8-7-11(9-15(14)18-2)10-19-13-6-4-3-5-12(13)16/h3-9H,10,16H2,1-2H3. The highest BCUT2D eigenvalue weighted by molar-refractivity contribution is 5.52. The second kappa shape index (κ2) is 6.00. The van der Waals surface area contributed by atoms with Crippen molar-refractivity contribution in [1.29, 1.82) is 0 Å². The van der Waals surface area contributed by atoms with Crippen molar-refractivity contribution in [1.82, 2.24) is 0 Å². The summed E-state index contributed by atoms with van der Waals surface area (Å²) in [5.41, 5.74) is 7.43.